The Hall–Kier alpha value is -2.60. The van der Waals surface area contributed by atoms with Crippen molar-refractivity contribution < 1.29 is 14.3 Å². The van der Waals surface area contributed by atoms with Crippen LogP contribution in [0.15, 0.2) is 48.7 Å². The number of likely N-dealkylation sites (tertiary alicyclic amines) is 1. The van der Waals surface area contributed by atoms with Crippen LogP contribution < -0.4 is 10.1 Å². The smallest absolute Gasteiger partial charge is 0.321 e. The maximum atomic E-state index is 12.5. The average molecular weight is 353 g/mol. The van der Waals surface area contributed by atoms with Crippen LogP contribution in [0.1, 0.15) is 24.5 Å². The second-order valence-corrected chi connectivity index (χ2v) is 6.73. The monoisotopic (exact) mass is 353 g/mol. The molecule has 2 amide bonds. The van der Waals surface area contributed by atoms with Crippen molar-refractivity contribution >= 4 is 11.7 Å². The Labute approximate surface area is 153 Å². The van der Waals surface area contributed by atoms with Gasteiger partial charge in [0.15, 0.2) is 0 Å². The molecule has 0 radical (unpaired) electrons. The lowest BCUT2D eigenvalue weighted by atomic mass is 9.96. The first-order chi connectivity index (χ1) is 12.8. The summed E-state index contributed by atoms with van der Waals surface area (Å²) in [6, 6.07) is 13.3. The zero-order valence-electron chi connectivity index (χ0n) is 14.6. The highest BCUT2D eigenvalue weighted by atomic mass is 16.5. The van der Waals surface area contributed by atoms with E-state index >= 15 is 0 Å². The number of nitrogens with one attached hydrogen (secondary N) is 1. The number of para-hydroxylation sites is 2. The second-order valence-electron chi connectivity index (χ2n) is 6.73. The van der Waals surface area contributed by atoms with E-state index in [0.717, 1.165) is 25.1 Å². The normalized spacial score (nSPS) is 19.8. The van der Waals surface area contributed by atoms with E-state index in [1.54, 1.807) is 11.1 Å². The van der Waals surface area contributed by atoms with Crippen LogP contribution in [-0.4, -0.2) is 48.3 Å². The molecule has 2 aromatic rings. The van der Waals surface area contributed by atoms with E-state index < -0.39 is 0 Å². The van der Waals surface area contributed by atoms with Gasteiger partial charge >= 0.3 is 6.03 Å². The topological polar surface area (TPSA) is 63.7 Å². The number of hydrogen-bond acceptors (Lipinski definition) is 4. The largest absolute Gasteiger partial charge is 0.489 e. The van der Waals surface area contributed by atoms with Crippen molar-refractivity contribution in [2.45, 2.75) is 24.9 Å². The van der Waals surface area contributed by atoms with Gasteiger partial charge in [0.1, 0.15) is 12.4 Å². The molecule has 4 rings (SSSR count). The van der Waals surface area contributed by atoms with Crippen LogP contribution in [0.2, 0.25) is 0 Å². The molecule has 136 valence electrons. The molecule has 1 aromatic carbocycles. The van der Waals surface area contributed by atoms with E-state index in [0.29, 0.717) is 37.1 Å². The number of hydrogen-bond donors (Lipinski definition) is 1. The summed E-state index contributed by atoms with van der Waals surface area (Å²) >= 11 is 0. The fraction of sp³-hybridized carbons (Fsp3) is 0.400. The number of aromatic nitrogens is 1. The van der Waals surface area contributed by atoms with E-state index in [9.17, 15) is 4.79 Å². The fourth-order valence-corrected chi connectivity index (χ4v) is 3.30. The first-order valence-corrected chi connectivity index (χ1v) is 9.10. The minimum Gasteiger partial charge on any atom is -0.489 e. The van der Waals surface area contributed by atoms with Crippen molar-refractivity contribution in [3.05, 3.63) is 54.4 Å². The van der Waals surface area contributed by atoms with E-state index in [4.69, 9.17) is 9.47 Å². The Balaban J connectivity index is 1.32. The molecular formula is C20H23N3O3. The van der Waals surface area contributed by atoms with Gasteiger partial charge in [-0.3, -0.25) is 4.98 Å². The van der Waals surface area contributed by atoms with E-state index in [1.165, 1.54) is 0 Å². The van der Waals surface area contributed by atoms with Crippen molar-refractivity contribution in [1.29, 1.82) is 0 Å². The van der Waals surface area contributed by atoms with Crippen LogP contribution in [0.5, 0.6) is 5.75 Å². The Morgan fingerprint density at radius 1 is 1.23 bits per heavy atom. The van der Waals surface area contributed by atoms with E-state index in [1.807, 2.05) is 42.5 Å². The van der Waals surface area contributed by atoms with Gasteiger partial charge in [-0.15, -0.1) is 0 Å². The number of carbonyl (C=O) groups is 1. The number of anilines is 1. The number of nitrogens with zero attached hydrogens (tertiary/aromatic N) is 2. The highest BCUT2D eigenvalue weighted by Crippen LogP contribution is 2.29. The molecule has 26 heavy (non-hydrogen) atoms. The Kier molecular flexibility index (Phi) is 5.02. The lowest BCUT2D eigenvalue weighted by Gasteiger charge is -2.38. The van der Waals surface area contributed by atoms with Crippen molar-refractivity contribution in [3.63, 3.8) is 0 Å². The van der Waals surface area contributed by atoms with Gasteiger partial charge in [-0.2, -0.15) is 0 Å². The number of ether oxygens (including phenoxy) is 2. The SMILES string of the molecule is O=C(Nc1ccccc1OCC1CCCO1)N1CC(c2ccccn2)C1. The minimum absolute atomic E-state index is 0.106. The van der Waals surface area contributed by atoms with Gasteiger partial charge in [-0.1, -0.05) is 18.2 Å². The summed E-state index contributed by atoms with van der Waals surface area (Å²) < 4.78 is 11.5. The maximum absolute atomic E-state index is 12.5. The van der Waals surface area contributed by atoms with Gasteiger partial charge in [0.2, 0.25) is 0 Å². The summed E-state index contributed by atoms with van der Waals surface area (Å²) in [6.07, 6.45) is 4.05. The summed E-state index contributed by atoms with van der Waals surface area (Å²) in [6.45, 7) is 2.68. The number of rotatable bonds is 5. The van der Waals surface area contributed by atoms with Gasteiger partial charge in [-0.25, -0.2) is 4.79 Å². The summed E-state index contributed by atoms with van der Waals surface area (Å²) in [5.74, 6) is 0.992. The van der Waals surface area contributed by atoms with Gasteiger partial charge in [-0.05, 0) is 37.1 Å². The van der Waals surface area contributed by atoms with Crippen molar-refractivity contribution in [3.8, 4) is 5.75 Å². The quantitative estimate of drug-likeness (QED) is 0.896. The molecule has 1 atom stereocenters. The van der Waals surface area contributed by atoms with Gasteiger partial charge in [0, 0.05) is 37.5 Å². The Morgan fingerprint density at radius 3 is 2.85 bits per heavy atom. The van der Waals surface area contributed by atoms with Crippen LogP contribution >= 0.6 is 0 Å². The van der Waals surface area contributed by atoms with Crippen molar-refractivity contribution in [2.24, 2.45) is 0 Å². The molecule has 2 aliphatic heterocycles. The molecule has 1 unspecified atom stereocenters. The Morgan fingerprint density at radius 2 is 2.08 bits per heavy atom. The lowest BCUT2D eigenvalue weighted by Crippen LogP contribution is -2.50. The molecule has 2 saturated heterocycles. The molecule has 0 saturated carbocycles. The number of amides is 2. The second kappa shape index (κ2) is 7.74. The van der Waals surface area contributed by atoms with Gasteiger partial charge in [0.05, 0.1) is 11.8 Å². The fourth-order valence-electron chi connectivity index (χ4n) is 3.30. The molecule has 0 bridgehead atoms. The summed E-state index contributed by atoms with van der Waals surface area (Å²) in [5, 5.41) is 2.96. The molecule has 1 aromatic heterocycles. The number of carbonyl (C=O) groups excluding carboxylic acids is 1. The molecule has 2 fully saturated rings. The van der Waals surface area contributed by atoms with E-state index in [2.05, 4.69) is 10.3 Å². The summed E-state index contributed by atoms with van der Waals surface area (Å²) in [4.78, 5) is 18.7. The summed E-state index contributed by atoms with van der Waals surface area (Å²) in [7, 11) is 0. The van der Waals surface area contributed by atoms with Crippen LogP contribution in [0.4, 0.5) is 10.5 Å². The van der Waals surface area contributed by atoms with Crippen LogP contribution in [-0.2, 0) is 4.74 Å². The van der Waals surface area contributed by atoms with Crippen molar-refractivity contribution in [2.75, 3.05) is 31.6 Å². The predicted octanol–water partition coefficient (Wildman–Crippen LogP) is 3.27. The highest BCUT2D eigenvalue weighted by molar-refractivity contribution is 5.91. The van der Waals surface area contributed by atoms with Crippen LogP contribution in [0, 0.1) is 0 Å². The standard InChI is InChI=1S/C20H23N3O3/c24-20(23-12-15(13-23)17-7-3-4-10-21-17)22-18-8-1-2-9-19(18)26-14-16-6-5-11-25-16/h1-4,7-10,15-16H,5-6,11-14H2,(H,22,24). The number of benzene rings is 1. The zero-order valence-corrected chi connectivity index (χ0v) is 14.6. The molecule has 6 heteroatoms. The highest BCUT2D eigenvalue weighted by Gasteiger charge is 2.32. The lowest BCUT2D eigenvalue weighted by molar-refractivity contribution is 0.0682. The first kappa shape index (κ1) is 16.8. The third-order valence-corrected chi connectivity index (χ3v) is 4.85. The predicted molar refractivity (Wildman–Crippen MR) is 98.5 cm³/mol. The minimum atomic E-state index is -0.106. The molecule has 3 heterocycles. The third-order valence-electron chi connectivity index (χ3n) is 4.85. The number of urea groups is 1. The van der Waals surface area contributed by atoms with Crippen LogP contribution in [0.25, 0.3) is 0 Å². The third kappa shape index (κ3) is 3.80. The zero-order chi connectivity index (χ0) is 17.8. The molecular weight excluding hydrogens is 330 g/mol. The van der Waals surface area contributed by atoms with Gasteiger partial charge < -0.3 is 19.7 Å². The maximum Gasteiger partial charge on any atom is 0.321 e. The van der Waals surface area contributed by atoms with E-state index in [-0.39, 0.29) is 12.1 Å². The molecule has 0 aliphatic carbocycles. The van der Waals surface area contributed by atoms with Crippen molar-refractivity contribution in [1.82, 2.24) is 9.88 Å². The number of pyridine rings is 1. The average Bonchev–Trinajstić information content (AvgIpc) is 3.14. The first-order valence-electron chi connectivity index (χ1n) is 9.10. The summed E-state index contributed by atoms with van der Waals surface area (Å²) in [5.41, 5.74) is 1.73. The molecule has 6 nitrogen and oxygen atoms in total. The molecule has 0 spiro atoms. The van der Waals surface area contributed by atoms with Gasteiger partial charge in [0.25, 0.3) is 0 Å². The Bertz CT molecular complexity index is 741. The molecule has 1 N–H and O–H groups in total. The van der Waals surface area contributed by atoms with Crippen LogP contribution in [0.3, 0.4) is 0 Å². The molecule has 2 aliphatic rings.